The van der Waals surface area contributed by atoms with E-state index in [-0.39, 0.29) is 5.91 Å². The van der Waals surface area contributed by atoms with E-state index in [1.807, 2.05) is 0 Å². The van der Waals surface area contributed by atoms with Gasteiger partial charge in [0.15, 0.2) is 0 Å². The molecular formula is C14H11BrClNO2. The van der Waals surface area contributed by atoms with E-state index >= 15 is 0 Å². The summed E-state index contributed by atoms with van der Waals surface area (Å²) in [5.74, 6) is 0.443. The fourth-order valence-corrected chi connectivity index (χ4v) is 2.04. The number of carbonyl (C=O) groups excluding carboxylic acids is 1. The Morgan fingerprint density at radius 1 is 1.26 bits per heavy atom. The number of ether oxygens (including phenoxy) is 1. The van der Waals surface area contributed by atoms with Gasteiger partial charge in [-0.05, 0) is 52.3 Å². The lowest BCUT2D eigenvalue weighted by Gasteiger charge is -2.07. The first-order valence-electron chi connectivity index (χ1n) is 5.50. The van der Waals surface area contributed by atoms with Crippen molar-refractivity contribution in [2.45, 2.75) is 0 Å². The highest BCUT2D eigenvalue weighted by molar-refractivity contribution is 9.10. The van der Waals surface area contributed by atoms with E-state index < -0.39 is 0 Å². The molecule has 0 heterocycles. The summed E-state index contributed by atoms with van der Waals surface area (Å²) in [6, 6.07) is 12.2. The van der Waals surface area contributed by atoms with Crippen LogP contribution in [0.3, 0.4) is 0 Å². The van der Waals surface area contributed by atoms with Gasteiger partial charge in [0.05, 0.1) is 12.1 Å². The topological polar surface area (TPSA) is 38.3 Å². The standard InChI is InChI=1S/C14H11BrClNO2/c1-19-11-4-2-3-9(7-11)14(18)17-10-5-6-13(16)12(15)8-10/h2-8H,1H3,(H,17,18). The highest BCUT2D eigenvalue weighted by Crippen LogP contribution is 2.26. The molecule has 19 heavy (non-hydrogen) atoms. The number of rotatable bonds is 3. The molecule has 2 aromatic carbocycles. The predicted octanol–water partition coefficient (Wildman–Crippen LogP) is 4.36. The molecule has 0 saturated heterocycles. The summed E-state index contributed by atoms with van der Waals surface area (Å²) in [5.41, 5.74) is 1.20. The van der Waals surface area contributed by atoms with Crippen LogP contribution in [0.4, 0.5) is 5.69 Å². The minimum atomic E-state index is -0.201. The Morgan fingerprint density at radius 2 is 2.05 bits per heavy atom. The van der Waals surface area contributed by atoms with Crippen LogP contribution in [-0.2, 0) is 0 Å². The van der Waals surface area contributed by atoms with Gasteiger partial charge >= 0.3 is 0 Å². The fourth-order valence-electron chi connectivity index (χ4n) is 1.54. The SMILES string of the molecule is COc1cccc(C(=O)Nc2ccc(Cl)c(Br)c2)c1. The van der Waals surface area contributed by atoms with Crippen molar-refractivity contribution in [2.24, 2.45) is 0 Å². The molecule has 0 atom stereocenters. The molecule has 0 radical (unpaired) electrons. The van der Waals surface area contributed by atoms with Crippen molar-refractivity contribution < 1.29 is 9.53 Å². The molecule has 1 amide bonds. The van der Waals surface area contributed by atoms with Gasteiger partial charge in [0.25, 0.3) is 5.91 Å². The monoisotopic (exact) mass is 339 g/mol. The molecule has 1 N–H and O–H groups in total. The van der Waals surface area contributed by atoms with Crippen LogP contribution >= 0.6 is 27.5 Å². The largest absolute Gasteiger partial charge is 0.497 e. The number of carbonyl (C=O) groups is 1. The highest BCUT2D eigenvalue weighted by atomic mass is 79.9. The van der Waals surface area contributed by atoms with Gasteiger partial charge in [-0.15, -0.1) is 0 Å². The molecule has 0 aromatic heterocycles. The van der Waals surface area contributed by atoms with Crippen LogP contribution in [0.5, 0.6) is 5.75 Å². The molecule has 0 bridgehead atoms. The molecule has 0 spiro atoms. The number of amides is 1. The van der Waals surface area contributed by atoms with E-state index in [1.54, 1.807) is 49.6 Å². The van der Waals surface area contributed by atoms with Crippen molar-refractivity contribution in [3.8, 4) is 5.75 Å². The molecule has 0 aliphatic heterocycles. The molecule has 5 heteroatoms. The summed E-state index contributed by atoms with van der Waals surface area (Å²) in [7, 11) is 1.56. The summed E-state index contributed by atoms with van der Waals surface area (Å²) in [4.78, 5) is 12.1. The van der Waals surface area contributed by atoms with E-state index in [4.69, 9.17) is 16.3 Å². The first kappa shape index (κ1) is 13.9. The summed E-state index contributed by atoms with van der Waals surface area (Å²) in [6.45, 7) is 0. The summed E-state index contributed by atoms with van der Waals surface area (Å²) >= 11 is 9.21. The molecule has 98 valence electrons. The van der Waals surface area contributed by atoms with Crippen molar-refractivity contribution in [3.05, 3.63) is 57.5 Å². The number of halogens is 2. The zero-order chi connectivity index (χ0) is 13.8. The first-order valence-corrected chi connectivity index (χ1v) is 6.67. The van der Waals surface area contributed by atoms with Gasteiger partial charge in [-0.1, -0.05) is 17.7 Å². The summed E-state index contributed by atoms with van der Waals surface area (Å²) in [6.07, 6.45) is 0. The summed E-state index contributed by atoms with van der Waals surface area (Å²) in [5, 5.41) is 3.39. The molecule has 0 fully saturated rings. The molecule has 2 rings (SSSR count). The number of nitrogens with one attached hydrogen (secondary N) is 1. The van der Waals surface area contributed by atoms with Crippen LogP contribution in [0.2, 0.25) is 5.02 Å². The molecule has 3 nitrogen and oxygen atoms in total. The van der Waals surface area contributed by atoms with Crippen molar-refractivity contribution in [1.29, 1.82) is 0 Å². The molecule has 0 saturated carbocycles. The van der Waals surface area contributed by atoms with E-state index in [0.29, 0.717) is 22.0 Å². The Hall–Kier alpha value is -1.52. The molecule has 0 aliphatic rings. The second-order valence-electron chi connectivity index (χ2n) is 3.81. The average Bonchev–Trinajstić information content (AvgIpc) is 2.43. The third-order valence-corrected chi connectivity index (χ3v) is 3.72. The highest BCUT2D eigenvalue weighted by Gasteiger charge is 2.08. The lowest BCUT2D eigenvalue weighted by Crippen LogP contribution is -2.11. The van der Waals surface area contributed by atoms with Gasteiger partial charge in [-0.2, -0.15) is 0 Å². The van der Waals surface area contributed by atoms with Gasteiger partial charge in [0.1, 0.15) is 5.75 Å². The second-order valence-corrected chi connectivity index (χ2v) is 5.08. The van der Waals surface area contributed by atoms with Crippen LogP contribution in [-0.4, -0.2) is 13.0 Å². The number of benzene rings is 2. The van der Waals surface area contributed by atoms with Gasteiger partial charge in [-0.3, -0.25) is 4.79 Å². The Bertz CT molecular complexity index is 616. The molecule has 0 unspecified atom stereocenters. The number of hydrogen-bond donors (Lipinski definition) is 1. The minimum absolute atomic E-state index is 0.201. The zero-order valence-corrected chi connectivity index (χ0v) is 12.5. The van der Waals surface area contributed by atoms with Crippen molar-refractivity contribution in [1.82, 2.24) is 0 Å². The molecular weight excluding hydrogens is 330 g/mol. The quantitative estimate of drug-likeness (QED) is 0.901. The number of anilines is 1. The van der Waals surface area contributed by atoms with Crippen LogP contribution in [0, 0.1) is 0 Å². The van der Waals surface area contributed by atoms with Gasteiger partial charge in [-0.25, -0.2) is 0 Å². The third-order valence-electron chi connectivity index (χ3n) is 2.51. The lowest BCUT2D eigenvalue weighted by atomic mass is 10.2. The number of hydrogen-bond acceptors (Lipinski definition) is 2. The van der Waals surface area contributed by atoms with Crippen LogP contribution < -0.4 is 10.1 Å². The van der Waals surface area contributed by atoms with Crippen molar-refractivity contribution >= 4 is 39.1 Å². The van der Waals surface area contributed by atoms with Gasteiger partial charge < -0.3 is 10.1 Å². The molecule has 0 aliphatic carbocycles. The fraction of sp³-hybridized carbons (Fsp3) is 0.0714. The van der Waals surface area contributed by atoms with E-state index in [1.165, 1.54) is 0 Å². The maximum absolute atomic E-state index is 12.1. The van der Waals surface area contributed by atoms with E-state index in [2.05, 4.69) is 21.2 Å². The maximum atomic E-state index is 12.1. The zero-order valence-electron chi connectivity index (χ0n) is 10.1. The van der Waals surface area contributed by atoms with Gasteiger partial charge in [0.2, 0.25) is 0 Å². The Balaban J connectivity index is 2.18. The molecule has 2 aromatic rings. The predicted molar refractivity (Wildman–Crippen MR) is 80.1 cm³/mol. The maximum Gasteiger partial charge on any atom is 0.255 e. The normalized spacial score (nSPS) is 10.1. The van der Waals surface area contributed by atoms with E-state index in [9.17, 15) is 4.79 Å². The smallest absolute Gasteiger partial charge is 0.255 e. The third kappa shape index (κ3) is 3.49. The van der Waals surface area contributed by atoms with Crippen molar-refractivity contribution in [2.75, 3.05) is 12.4 Å². The Morgan fingerprint density at radius 3 is 2.74 bits per heavy atom. The van der Waals surface area contributed by atoms with Crippen LogP contribution in [0.1, 0.15) is 10.4 Å². The number of methoxy groups -OCH3 is 1. The Kier molecular flexibility index (Phi) is 4.45. The first-order chi connectivity index (χ1) is 9.10. The van der Waals surface area contributed by atoms with Crippen LogP contribution in [0.25, 0.3) is 0 Å². The van der Waals surface area contributed by atoms with E-state index in [0.717, 1.165) is 4.47 Å². The van der Waals surface area contributed by atoms with Crippen LogP contribution in [0.15, 0.2) is 46.9 Å². The minimum Gasteiger partial charge on any atom is -0.497 e. The average molecular weight is 341 g/mol. The second kappa shape index (κ2) is 6.08. The van der Waals surface area contributed by atoms with Crippen molar-refractivity contribution in [3.63, 3.8) is 0 Å². The summed E-state index contributed by atoms with van der Waals surface area (Å²) < 4.78 is 5.82. The lowest BCUT2D eigenvalue weighted by molar-refractivity contribution is 0.102. The van der Waals surface area contributed by atoms with Gasteiger partial charge in [0, 0.05) is 15.7 Å². The Labute approximate surface area is 124 Å².